The minimum Gasteiger partial charge on any atom is -0.202 e. The van der Waals surface area contributed by atoms with Crippen molar-refractivity contribution >= 4 is 20.0 Å². The van der Waals surface area contributed by atoms with E-state index in [0.717, 1.165) is 0 Å². The monoisotopic (exact) mass is 451 g/mol. The van der Waals surface area contributed by atoms with Gasteiger partial charge in [-0.25, -0.2) is 16.8 Å². The lowest BCUT2D eigenvalue weighted by Crippen LogP contribution is -2.45. The molecular weight excluding hydrogens is 424 g/mol. The zero-order chi connectivity index (χ0) is 21.8. The molecule has 27 heavy (non-hydrogen) atoms. The Labute approximate surface area is 157 Å². The fourth-order valence-corrected chi connectivity index (χ4v) is 3.71. The molecule has 0 bridgehead atoms. The molecule has 0 aliphatic heterocycles. The lowest BCUT2D eigenvalue weighted by atomic mass is 10.1. The Hall–Kier alpha value is -0.560. The smallest absolute Gasteiger partial charge is 0.202 e. The number of nitrogens with one attached hydrogen (secondary N) is 1. The molecule has 0 fully saturated rings. The van der Waals surface area contributed by atoms with Crippen molar-refractivity contribution in [3.63, 3.8) is 0 Å². The first-order valence-electron chi connectivity index (χ1n) is 8.53. The molecule has 0 aromatic carbocycles. The van der Waals surface area contributed by atoms with E-state index in [2.05, 4.69) is 13.8 Å². The molecule has 0 aliphatic rings. The van der Waals surface area contributed by atoms with Crippen molar-refractivity contribution in [2.75, 3.05) is 0 Å². The average molecular weight is 451 g/mol. The molecule has 13 heteroatoms. The quantitative estimate of drug-likeness (QED) is 0.346. The summed E-state index contributed by atoms with van der Waals surface area (Å²) in [6.45, 7) is 4.56. The summed E-state index contributed by atoms with van der Waals surface area (Å²) in [7, 11) is -13.2. The summed E-state index contributed by atoms with van der Waals surface area (Å²) in [5.74, 6) is 0. The van der Waals surface area contributed by atoms with Gasteiger partial charge in [-0.15, -0.1) is 0 Å². The predicted octanol–water partition coefficient (Wildman–Crippen LogP) is 5.20. The van der Waals surface area contributed by atoms with Gasteiger partial charge in [0.25, 0.3) is 0 Å². The number of halogens is 6. The first-order chi connectivity index (χ1) is 12.1. The summed E-state index contributed by atoms with van der Waals surface area (Å²) in [5.41, 5.74) is -12.3. The molecule has 0 atom stereocenters. The second-order valence-electron chi connectivity index (χ2n) is 5.81. The summed E-state index contributed by atoms with van der Waals surface area (Å²) < 4.78 is 108. The average Bonchev–Trinajstić information content (AvgIpc) is 2.47. The van der Waals surface area contributed by atoms with Crippen molar-refractivity contribution in [2.45, 2.75) is 89.1 Å². The van der Waals surface area contributed by atoms with Crippen molar-refractivity contribution in [3.8, 4) is 0 Å². The summed E-state index contributed by atoms with van der Waals surface area (Å²) in [6, 6.07) is 0. The van der Waals surface area contributed by atoms with Gasteiger partial charge in [-0.05, 0) is 0 Å². The van der Waals surface area contributed by atoms with Crippen LogP contribution in [0.5, 0.6) is 0 Å². The third-order valence-electron chi connectivity index (χ3n) is 3.29. The molecule has 5 nitrogen and oxygen atoms in total. The van der Waals surface area contributed by atoms with E-state index in [1.165, 1.54) is 64.2 Å². The van der Waals surface area contributed by atoms with Gasteiger partial charge in [0.1, 0.15) is 0 Å². The molecule has 0 radical (unpaired) electrons. The van der Waals surface area contributed by atoms with Crippen LogP contribution in [0.2, 0.25) is 0 Å². The van der Waals surface area contributed by atoms with Gasteiger partial charge in [-0.2, -0.15) is 26.3 Å². The van der Waals surface area contributed by atoms with Gasteiger partial charge in [0.15, 0.2) is 0 Å². The van der Waals surface area contributed by atoms with Crippen molar-refractivity contribution in [3.05, 3.63) is 0 Å². The zero-order valence-corrected chi connectivity index (χ0v) is 16.9. The van der Waals surface area contributed by atoms with Crippen LogP contribution in [-0.4, -0.2) is 27.9 Å². The first kappa shape index (κ1) is 28.6. The van der Waals surface area contributed by atoms with Gasteiger partial charge in [-0.3, -0.25) is 0 Å². The molecular formula is C14H27F6NO4S2. The summed E-state index contributed by atoms with van der Waals surface area (Å²) in [6.07, 6.45) is 14.4. The standard InChI is InChI=1S/C12H26.C2HF6NO4S2/c1-3-5-7-9-11-12-10-8-6-4-2;3-1(4,5)14(10,11)9-15(12,13)2(6,7)8/h3-12H2,1-2H3;9H. The molecule has 0 spiro atoms. The van der Waals surface area contributed by atoms with Gasteiger partial charge in [0.05, 0.1) is 0 Å². The van der Waals surface area contributed by atoms with Crippen LogP contribution >= 0.6 is 0 Å². The first-order valence-corrected chi connectivity index (χ1v) is 11.5. The molecule has 0 saturated carbocycles. The lowest BCUT2D eigenvalue weighted by molar-refractivity contribution is -0.0476. The van der Waals surface area contributed by atoms with Crippen LogP contribution in [0.4, 0.5) is 26.3 Å². The molecule has 1 N–H and O–H groups in total. The number of hydrogen-bond acceptors (Lipinski definition) is 4. The summed E-state index contributed by atoms with van der Waals surface area (Å²) >= 11 is 0. The van der Waals surface area contributed by atoms with E-state index in [9.17, 15) is 43.2 Å². The van der Waals surface area contributed by atoms with Gasteiger partial charge < -0.3 is 0 Å². The van der Waals surface area contributed by atoms with Crippen LogP contribution in [0.25, 0.3) is 0 Å². The Bertz CT molecular complexity index is 534. The largest absolute Gasteiger partial charge is 0.512 e. The lowest BCUT2D eigenvalue weighted by Gasteiger charge is -2.11. The summed E-state index contributed by atoms with van der Waals surface area (Å²) in [5, 5.41) is 0. The Morgan fingerprint density at radius 3 is 0.963 bits per heavy atom. The topological polar surface area (TPSA) is 80.3 Å². The van der Waals surface area contributed by atoms with E-state index < -0.39 is 35.2 Å². The van der Waals surface area contributed by atoms with Crippen LogP contribution in [0.15, 0.2) is 0 Å². The van der Waals surface area contributed by atoms with Crippen LogP contribution < -0.4 is 4.13 Å². The van der Waals surface area contributed by atoms with Gasteiger partial charge in [0.2, 0.25) is 0 Å². The third-order valence-corrected chi connectivity index (χ3v) is 6.26. The zero-order valence-electron chi connectivity index (χ0n) is 15.3. The minimum atomic E-state index is -6.60. The fraction of sp³-hybridized carbons (Fsp3) is 1.00. The highest BCUT2D eigenvalue weighted by atomic mass is 32.3. The van der Waals surface area contributed by atoms with Crippen molar-refractivity contribution in [1.82, 2.24) is 4.13 Å². The number of unbranched alkanes of at least 4 members (excludes halogenated alkanes) is 9. The molecule has 0 aromatic heterocycles. The highest BCUT2D eigenvalue weighted by Crippen LogP contribution is 2.27. The van der Waals surface area contributed by atoms with Crippen LogP contribution in [0.3, 0.4) is 0 Å². The van der Waals surface area contributed by atoms with Crippen LogP contribution in [0, 0.1) is 0 Å². The SMILES string of the molecule is CCCCCCCCCCCC.O=S(=O)(NS(=O)(=O)C(F)(F)F)C(F)(F)F. The maximum atomic E-state index is 11.5. The van der Waals surface area contributed by atoms with Gasteiger partial charge in [-0.1, -0.05) is 82.2 Å². The molecule has 0 aliphatic carbocycles. The molecule has 0 amide bonds. The van der Waals surface area contributed by atoms with Gasteiger partial charge in [0, 0.05) is 0 Å². The highest BCUT2D eigenvalue weighted by molar-refractivity contribution is 8.05. The van der Waals surface area contributed by atoms with E-state index >= 15 is 0 Å². The van der Waals surface area contributed by atoms with E-state index in [0.29, 0.717) is 0 Å². The van der Waals surface area contributed by atoms with Crippen LogP contribution in [0.1, 0.15) is 78.1 Å². The van der Waals surface area contributed by atoms with E-state index in [4.69, 9.17) is 0 Å². The van der Waals surface area contributed by atoms with E-state index in [1.807, 2.05) is 0 Å². The molecule has 166 valence electrons. The second-order valence-corrected chi connectivity index (χ2v) is 9.42. The molecule has 0 saturated heterocycles. The Morgan fingerprint density at radius 1 is 0.556 bits per heavy atom. The number of rotatable bonds is 11. The third kappa shape index (κ3) is 13.3. The highest BCUT2D eigenvalue weighted by Gasteiger charge is 2.55. The Kier molecular flexibility index (Phi) is 13.6. The van der Waals surface area contributed by atoms with Gasteiger partial charge >= 0.3 is 31.1 Å². The minimum absolute atomic E-state index is 0.493. The Morgan fingerprint density at radius 2 is 0.778 bits per heavy atom. The fourth-order valence-electron chi connectivity index (χ4n) is 1.80. The molecule has 0 rings (SSSR count). The molecule has 0 heterocycles. The van der Waals surface area contributed by atoms with E-state index in [-0.39, 0.29) is 0 Å². The summed E-state index contributed by atoms with van der Waals surface area (Å²) in [4.78, 5) is 0. The number of hydrogen-bond donors (Lipinski definition) is 1. The maximum absolute atomic E-state index is 11.5. The van der Waals surface area contributed by atoms with Crippen molar-refractivity contribution in [2.24, 2.45) is 0 Å². The normalized spacial score (nSPS) is 13.2. The second kappa shape index (κ2) is 12.8. The van der Waals surface area contributed by atoms with Crippen molar-refractivity contribution in [1.29, 1.82) is 0 Å². The predicted molar refractivity (Wildman–Crippen MR) is 90.6 cm³/mol. The maximum Gasteiger partial charge on any atom is 0.512 e. The number of alkyl halides is 6. The van der Waals surface area contributed by atoms with Crippen LogP contribution in [-0.2, 0) is 20.0 Å². The Balaban J connectivity index is 0. The molecule has 0 aromatic rings. The molecule has 0 unspecified atom stereocenters. The number of sulfonamides is 2. The van der Waals surface area contributed by atoms with Crippen molar-refractivity contribution < 1.29 is 43.2 Å². The van der Waals surface area contributed by atoms with E-state index in [1.54, 1.807) is 0 Å².